The van der Waals surface area contributed by atoms with E-state index in [0.717, 1.165) is 5.56 Å². The van der Waals surface area contributed by atoms with Crippen LogP contribution in [0.5, 0.6) is 0 Å². The van der Waals surface area contributed by atoms with Gasteiger partial charge in [0.05, 0.1) is 5.56 Å². The summed E-state index contributed by atoms with van der Waals surface area (Å²) in [5.41, 5.74) is 1.69. The molecule has 2 aliphatic heterocycles. The summed E-state index contributed by atoms with van der Waals surface area (Å²) in [7, 11) is 0. The molecule has 2 heteroatoms. The van der Waals surface area contributed by atoms with Crippen molar-refractivity contribution in [3.05, 3.63) is 35.4 Å². The van der Waals surface area contributed by atoms with Crippen molar-refractivity contribution in [1.29, 1.82) is 0 Å². The van der Waals surface area contributed by atoms with Gasteiger partial charge in [-0.3, -0.25) is 0 Å². The predicted octanol–water partition coefficient (Wildman–Crippen LogP) is 1.36. The molecule has 0 radical (unpaired) electrons. The number of ether oxygens (including phenoxy) is 1. The molecule has 0 N–H and O–H groups in total. The maximum atomic E-state index is 10.9. The van der Waals surface area contributed by atoms with Gasteiger partial charge < -0.3 is 4.74 Å². The highest BCUT2D eigenvalue weighted by atomic mass is 16.5. The third-order valence-corrected chi connectivity index (χ3v) is 1.56. The van der Waals surface area contributed by atoms with E-state index in [1.807, 2.05) is 12.1 Å². The molecule has 0 amide bonds. The van der Waals surface area contributed by atoms with E-state index in [1.54, 1.807) is 12.1 Å². The molecule has 0 fully saturated rings. The lowest BCUT2D eigenvalue weighted by atomic mass is 10.2. The van der Waals surface area contributed by atoms with Gasteiger partial charge in [-0.25, -0.2) is 4.79 Å². The van der Waals surface area contributed by atoms with Crippen LogP contribution in [0.15, 0.2) is 24.3 Å². The smallest absolute Gasteiger partial charge is 0.338 e. The van der Waals surface area contributed by atoms with Crippen molar-refractivity contribution in [3.63, 3.8) is 0 Å². The molecule has 0 unspecified atom stereocenters. The highest BCUT2D eigenvalue weighted by Gasteiger charge is 2.10. The number of hydrogen-bond donors (Lipinski definition) is 0. The topological polar surface area (TPSA) is 26.3 Å². The molecular weight excluding hydrogens is 128 g/mol. The molecule has 50 valence electrons. The van der Waals surface area contributed by atoms with E-state index in [0.29, 0.717) is 12.2 Å². The first kappa shape index (κ1) is 5.47. The van der Waals surface area contributed by atoms with Crippen LogP contribution in [-0.4, -0.2) is 5.97 Å². The maximum Gasteiger partial charge on any atom is 0.338 e. The molecule has 2 aliphatic rings. The van der Waals surface area contributed by atoms with Gasteiger partial charge in [-0.05, 0) is 17.7 Å². The van der Waals surface area contributed by atoms with Crippen molar-refractivity contribution in [2.75, 3.05) is 0 Å². The Morgan fingerprint density at radius 3 is 2.60 bits per heavy atom. The van der Waals surface area contributed by atoms with Crippen LogP contribution in [0.25, 0.3) is 0 Å². The van der Waals surface area contributed by atoms with E-state index < -0.39 is 0 Å². The van der Waals surface area contributed by atoms with Gasteiger partial charge in [-0.1, -0.05) is 12.1 Å². The Labute approximate surface area is 58.4 Å². The fourth-order valence-electron chi connectivity index (χ4n) is 0.969. The van der Waals surface area contributed by atoms with E-state index >= 15 is 0 Å². The van der Waals surface area contributed by atoms with Gasteiger partial charge >= 0.3 is 5.97 Å². The Balaban J connectivity index is 2.59. The third kappa shape index (κ3) is 0.692. The lowest BCUT2D eigenvalue weighted by Crippen LogP contribution is -1.99. The number of carbonyl (C=O) groups excluding carboxylic acids is 1. The lowest BCUT2D eigenvalue weighted by Gasteiger charge is -1.94. The van der Waals surface area contributed by atoms with Crippen molar-refractivity contribution < 1.29 is 9.53 Å². The fraction of sp³-hybridized carbons (Fsp3) is 0.125. The monoisotopic (exact) mass is 134 g/mol. The van der Waals surface area contributed by atoms with Gasteiger partial charge in [0.2, 0.25) is 0 Å². The summed E-state index contributed by atoms with van der Waals surface area (Å²) < 4.78 is 4.85. The Morgan fingerprint density at radius 2 is 1.90 bits per heavy atom. The molecule has 2 nitrogen and oxygen atoms in total. The molecule has 2 bridgehead atoms. The minimum absolute atomic E-state index is 0.222. The van der Waals surface area contributed by atoms with Gasteiger partial charge in [-0.2, -0.15) is 0 Å². The zero-order chi connectivity index (χ0) is 6.97. The van der Waals surface area contributed by atoms with Crippen LogP contribution in [0.1, 0.15) is 15.9 Å². The summed E-state index contributed by atoms with van der Waals surface area (Å²) >= 11 is 0. The summed E-state index contributed by atoms with van der Waals surface area (Å²) in [5, 5.41) is 0. The Bertz CT molecular complexity index is 261. The Morgan fingerprint density at radius 1 is 1.20 bits per heavy atom. The Kier molecular flexibility index (Phi) is 1.01. The standard InChI is InChI=1S/C8H6O2/c9-8-7-3-1-6(2-4-7)5-10-8/h1-4H,5H2. The summed E-state index contributed by atoms with van der Waals surface area (Å²) in [6, 6.07) is 7.37. The third-order valence-electron chi connectivity index (χ3n) is 1.56. The lowest BCUT2D eigenvalue weighted by molar-refractivity contribution is 0.0481. The van der Waals surface area contributed by atoms with Gasteiger partial charge in [0.15, 0.2) is 0 Å². The number of esters is 1. The minimum atomic E-state index is -0.222. The van der Waals surface area contributed by atoms with Crippen molar-refractivity contribution in [3.8, 4) is 0 Å². The van der Waals surface area contributed by atoms with Crippen LogP contribution in [0.2, 0.25) is 0 Å². The SMILES string of the molecule is O=C1OCc2ccc1cc2. The second-order valence-electron chi connectivity index (χ2n) is 2.27. The molecule has 1 aromatic rings. The van der Waals surface area contributed by atoms with Crippen molar-refractivity contribution in [1.82, 2.24) is 0 Å². The molecule has 0 saturated heterocycles. The average Bonchev–Trinajstić information content (AvgIpc) is 2.24. The molecule has 10 heavy (non-hydrogen) atoms. The van der Waals surface area contributed by atoms with Crippen LogP contribution >= 0.6 is 0 Å². The molecule has 3 rings (SSSR count). The summed E-state index contributed by atoms with van der Waals surface area (Å²) in [6.07, 6.45) is 0. The number of fused-ring (bicyclic) bond motifs is 4. The van der Waals surface area contributed by atoms with Gasteiger partial charge in [0.25, 0.3) is 0 Å². The number of rotatable bonds is 0. The highest BCUT2D eigenvalue weighted by molar-refractivity contribution is 5.89. The maximum absolute atomic E-state index is 10.9. The zero-order valence-electron chi connectivity index (χ0n) is 5.33. The number of carbonyl (C=O) groups is 1. The van der Waals surface area contributed by atoms with E-state index in [-0.39, 0.29) is 5.97 Å². The number of benzene rings is 1. The molecular formula is C8H6O2. The van der Waals surface area contributed by atoms with E-state index in [4.69, 9.17) is 4.74 Å². The predicted molar refractivity (Wildman–Crippen MR) is 35.6 cm³/mol. The Hall–Kier alpha value is -1.31. The summed E-state index contributed by atoms with van der Waals surface area (Å²) in [4.78, 5) is 10.9. The van der Waals surface area contributed by atoms with Crippen LogP contribution in [-0.2, 0) is 11.3 Å². The molecule has 2 heterocycles. The van der Waals surface area contributed by atoms with Gasteiger partial charge in [0, 0.05) is 0 Å². The first-order valence-electron chi connectivity index (χ1n) is 3.12. The zero-order valence-corrected chi connectivity index (χ0v) is 5.33. The van der Waals surface area contributed by atoms with Crippen molar-refractivity contribution >= 4 is 5.97 Å². The molecule has 0 saturated carbocycles. The molecule has 0 aliphatic carbocycles. The van der Waals surface area contributed by atoms with Gasteiger partial charge in [0.1, 0.15) is 6.61 Å². The average molecular weight is 134 g/mol. The molecule has 0 aromatic heterocycles. The largest absolute Gasteiger partial charge is 0.457 e. The molecule has 1 aromatic carbocycles. The van der Waals surface area contributed by atoms with E-state index in [2.05, 4.69) is 0 Å². The first-order valence-corrected chi connectivity index (χ1v) is 3.12. The van der Waals surface area contributed by atoms with Gasteiger partial charge in [-0.15, -0.1) is 0 Å². The minimum Gasteiger partial charge on any atom is -0.457 e. The summed E-state index contributed by atoms with van der Waals surface area (Å²) in [6.45, 7) is 0.412. The normalized spacial score (nSPS) is 14.6. The first-order chi connectivity index (χ1) is 4.86. The highest BCUT2D eigenvalue weighted by Crippen LogP contribution is 2.12. The number of hydrogen-bond acceptors (Lipinski definition) is 2. The van der Waals surface area contributed by atoms with Crippen LogP contribution < -0.4 is 0 Å². The van der Waals surface area contributed by atoms with Crippen LogP contribution in [0.3, 0.4) is 0 Å². The van der Waals surface area contributed by atoms with Crippen molar-refractivity contribution in [2.24, 2.45) is 0 Å². The fourth-order valence-corrected chi connectivity index (χ4v) is 0.969. The quantitative estimate of drug-likeness (QED) is 0.501. The van der Waals surface area contributed by atoms with E-state index in [9.17, 15) is 4.79 Å². The summed E-state index contributed by atoms with van der Waals surface area (Å²) in [5.74, 6) is -0.222. The van der Waals surface area contributed by atoms with Crippen LogP contribution in [0.4, 0.5) is 0 Å². The molecule has 0 spiro atoms. The second kappa shape index (κ2) is 1.84. The van der Waals surface area contributed by atoms with Crippen molar-refractivity contribution in [2.45, 2.75) is 6.61 Å². The van der Waals surface area contributed by atoms with Crippen LogP contribution in [0, 0.1) is 0 Å². The second-order valence-corrected chi connectivity index (χ2v) is 2.27. The van der Waals surface area contributed by atoms with E-state index in [1.165, 1.54) is 0 Å². The molecule has 0 atom stereocenters.